The van der Waals surface area contributed by atoms with Gasteiger partial charge in [0.25, 0.3) is 0 Å². The average Bonchev–Trinajstić information content (AvgIpc) is 2.83. The predicted octanol–water partition coefficient (Wildman–Crippen LogP) is 3.80. The largest absolute Gasteiger partial charge is 0.386 e. The Bertz CT molecular complexity index is 923. The smallest absolute Gasteiger partial charge is 0.346 e. The van der Waals surface area contributed by atoms with E-state index in [1.807, 2.05) is 24.3 Å². The lowest BCUT2D eigenvalue weighted by molar-refractivity contribution is 0.0391. The number of rotatable bonds is 0. The molecule has 3 aromatic rings. The topological polar surface area (TPSA) is 43.4 Å². The van der Waals surface area contributed by atoms with Gasteiger partial charge in [0.15, 0.2) is 0 Å². The fourth-order valence-corrected chi connectivity index (χ4v) is 3.43. The van der Waals surface area contributed by atoms with Crippen LogP contribution in [0, 0.1) is 0 Å². The van der Waals surface area contributed by atoms with Gasteiger partial charge >= 0.3 is 11.9 Å². The van der Waals surface area contributed by atoms with Gasteiger partial charge in [-0.05, 0) is 39.8 Å². The number of fused-ring (bicyclic) bond motifs is 3. The number of esters is 2. The molecule has 0 bridgehead atoms. The van der Waals surface area contributed by atoms with Crippen molar-refractivity contribution in [3.8, 4) is 22.3 Å². The van der Waals surface area contributed by atoms with E-state index < -0.39 is 11.9 Å². The second kappa shape index (κ2) is 3.38. The van der Waals surface area contributed by atoms with E-state index in [1.54, 1.807) is 12.1 Å². The van der Waals surface area contributed by atoms with Crippen molar-refractivity contribution in [3.05, 3.63) is 59.7 Å². The normalized spacial score (nSPS) is 14.3. The molecule has 0 atom stereocenters. The standard InChI is InChI=1S/C18H8O3/c19-17-13-7-5-11-9-3-1-2-4-10(9)12-6-8-14(18(20)21-17)16(13)15(11)12/h1-8H. The van der Waals surface area contributed by atoms with Crippen molar-refractivity contribution in [2.75, 3.05) is 0 Å². The first kappa shape index (κ1) is 10.8. The summed E-state index contributed by atoms with van der Waals surface area (Å²) < 4.78 is 4.80. The molecule has 0 saturated carbocycles. The number of carbonyl (C=O) groups excluding carboxylic acids is 2. The van der Waals surface area contributed by atoms with Gasteiger partial charge < -0.3 is 4.74 Å². The van der Waals surface area contributed by atoms with Gasteiger partial charge in [0, 0.05) is 5.39 Å². The van der Waals surface area contributed by atoms with E-state index in [1.165, 1.54) is 0 Å². The molecule has 1 aliphatic carbocycles. The van der Waals surface area contributed by atoms with Gasteiger partial charge in [0.1, 0.15) is 0 Å². The first-order chi connectivity index (χ1) is 10.3. The van der Waals surface area contributed by atoms with E-state index in [4.69, 9.17) is 4.74 Å². The Labute approximate surface area is 119 Å². The molecule has 3 nitrogen and oxygen atoms in total. The maximum atomic E-state index is 12.0. The molecular formula is C18H8O3. The molecular weight excluding hydrogens is 264 g/mol. The molecule has 0 saturated heterocycles. The van der Waals surface area contributed by atoms with E-state index >= 15 is 0 Å². The van der Waals surface area contributed by atoms with E-state index in [9.17, 15) is 9.59 Å². The van der Waals surface area contributed by atoms with Crippen molar-refractivity contribution in [3.63, 3.8) is 0 Å². The van der Waals surface area contributed by atoms with Crippen LogP contribution in [0.3, 0.4) is 0 Å². The summed E-state index contributed by atoms with van der Waals surface area (Å²) in [7, 11) is 0. The van der Waals surface area contributed by atoms with Crippen LogP contribution in [0.5, 0.6) is 0 Å². The highest BCUT2D eigenvalue weighted by molar-refractivity contribution is 6.27. The number of ether oxygens (including phenoxy) is 1. The van der Waals surface area contributed by atoms with Crippen LogP contribution in [0.25, 0.3) is 33.0 Å². The van der Waals surface area contributed by atoms with Gasteiger partial charge in [-0.3, -0.25) is 0 Å². The lowest BCUT2D eigenvalue weighted by Crippen LogP contribution is -2.19. The Hall–Kier alpha value is -2.94. The van der Waals surface area contributed by atoms with Gasteiger partial charge in [0.2, 0.25) is 0 Å². The maximum absolute atomic E-state index is 12.0. The van der Waals surface area contributed by atoms with Gasteiger partial charge in [-0.2, -0.15) is 0 Å². The SMILES string of the molecule is O=C1OC(=O)c2ccc3c4c(ccc1c24)-c1ccccc1-3. The van der Waals surface area contributed by atoms with Crippen LogP contribution < -0.4 is 0 Å². The molecule has 3 aromatic carbocycles. The highest BCUT2D eigenvalue weighted by atomic mass is 16.6. The minimum Gasteiger partial charge on any atom is -0.386 e. The van der Waals surface area contributed by atoms with Crippen molar-refractivity contribution < 1.29 is 14.3 Å². The average molecular weight is 272 g/mol. The predicted molar refractivity (Wildman–Crippen MR) is 78.1 cm³/mol. The van der Waals surface area contributed by atoms with Crippen LogP contribution in [0.1, 0.15) is 20.7 Å². The van der Waals surface area contributed by atoms with Crippen LogP contribution >= 0.6 is 0 Å². The first-order valence-corrected chi connectivity index (χ1v) is 6.72. The first-order valence-electron chi connectivity index (χ1n) is 6.72. The summed E-state index contributed by atoms with van der Waals surface area (Å²) in [6.45, 7) is 0. The fraction of sp³-hybridized carbons (Fsp3) is 0. The molecule has 0 amide bonds. The summed E-state index contributed by atoms with van der Waals surface area (Å²) in [6, 6.07) is 15.5. The molecule has 0 aromatic heterocycles. The van der Waals surface area contributed by atoms with Crippen molar-refractivity contribution in [1.29, 1.82) is 0 Å². The second-order valence-electron chi connectivity index (χ2n) is 5.29. The highest BCUT2D eigenvalue weighted by Crippen LogP contribution is 2.49. The molecule has 0 N–H and O–H groups in total. The van der Waals surface area contributed by atoms with Crippen LogP contribution in [0.2, 0.25) is 0 Å². The molecule has 0 spiro atoms. The Morgan fingerprint density at radius 3 is 1.48 bits per heavy atom. The van der Waals surface area contributed by atoms with Crippen LogP contribution in [-0.4, -0.2) is 11.9 Å². The summed E-state index contributed by atoms with van der Waals surface area (Å²) >= 11 is 0. The van der Waals surface area contributed by atoms with Crippen LogP contribution in [0.4, 0.5) is 0 Å². The van der Waals surface area contributed by atoms with Crippen LogP contribution in [-0.2, 0) is 4.74 Å². The number of cyclic esters (lactones) is 2. The zero-order valence-electron chi connectivity index (χ0n) is 10.8. The molecule has 21 heavy (non-hydrogen) atoms. The van der Waals surface area contributed by atoms with E-state index in [2.05, 4.69) is 12.1 Å². The van der Waals surface area contributed by atoms with Crippen molar-refractivity contribution in [1.82, 2.24) is 0 Å². The lowest BCUT2D eigenvalue weighted by Gasteiger charge is -2.16. The molecule has 98 valence electrons. The van der Waals surface area contributed by atoms with Crippen molar-refractivity contribution >= 4 is 22.7 Å². The second-order valence-corrected chi connectivity index (χ2v) is 5.29. The third kappa shape index (κ3) is 1.15. The number of hydrogen-bond acceptors (Lipinski definition) is 3. The Kier molecular flexibility index (Phi) is 1.74. The summed E-state index contributed by atoms with van der Waals surface area (Å²) in [5, 5.41) is 1.71. The van der Waals surface area contributed by atoms with Gasteiger partial charge in [0.05, 0.1) is 11.1 Å². The number of carbonyl (C=O) groups is 2. The number of benzene rings is 3. The van der Waals surface area contributed by atoms with Crippen molar-refractivity contribution in [2.45, 2.75) is 0 Å². The number of hydrogen-bond donors (Lipinski definition) is 0. The fourth-order valence-electron chi connectivity index (χ4n) is 3.43. The molecule has 0 fully saturated rings. The van der Waals surface area contributed by atoms with Crippen LogP contribution in [0.15, 0.2) is 48.5 Å². The molecule has 5 rings (SSSR count). The Balaban J connectivity index is 2.06. The maximum Gasteiger partial charge on any atom is 0.346 e. The minimum atomic E-state index is -0.563. The molecule has 2 aliphatic rings. The zero-order valence-corrected chi connectivity index (χ0v) is 10.8. The minimum absolute atomic E-state index is 0.470. The molecule has 3 heteroatoms. The molecule has 0 radical (unpaired) electrons. The zero-order chi connectivity index (χ0) is 14.1. The van der Waals surface area contributed by atoms with Gasteiger partial charge in [-0.1, -0.05) is 36.4 Å². The Morgan fingerprint density at radius 2 is 0.952 bits per heavy atom. The third-order valence-corrected chi connectivity index (χ3v) is 4.29. The van der Waals surface area contributed by atoms with E-state index in [0.29, 0.717) is 11.1 Å². The molecule has 1 aliphatic heterocycles. The lowest BCUT2D eigenvalue weighted by atomic mass is 9.93. The molecule has 0 unspecified atom stereocenters. The van der Waals surface area contributed by atoms with E-state index in [0.717, 1.165) is 33.0 Å². The summed E-state index contributed by atoms with van der Waals surface area (Å²) in [5.74, 6) is -1.13. The Morgan fingerprint density at radius 1 is 0.524 bits per heavy atom. The van der Waals surface area contributed by atoms with Crippen molar-refractivity contribution in [2.24, 2.45) is 0 Å². The van der Waals surface area contributed by atoms with E-state index in [-0.39, 0.29) is 0 Å². The van der Waals surface area contributed by atoms with Gasteiger partial charge in [-0.25, -0.2) is 9.59 Å². The summed E-state index contributed by atoms with van der Waals surface area (Å²) in [5.41, 5.74) is 5.37. The summed E-state index contributed by atoms with van der Waals surface area (Å²) in [6.07, 6.45) is 0. The van der Waals surface area contributed by atoms with Gasteiger partial charge in [-0.15, -0.1) is 0 Å². The summed E-state index contributed by atoms with van der Waals surface area (Å²) in [4.78, 5) is 23.9. The quantitative estimate of drug-likeness (QED) is 0.361. The monoisotopic (exact) mass is 272 g/mol. The highest BCUT2D eigenvalue weighted by Gasteiger charge is 2.32. The third-order valence-electron chi connectivity index (χ3n) is 4.29. The molecule has 1 heterocycles.